The number of rotatable bonds is 5. The van der Waals surface area contributed by atoms with Crippen molar-refractivity contribution in [2.24, 2.45) is 5.92 Å². The quantitative estimate of drug-likeness (QED) is 0.501. The molecule has 0 aliphatic heterocycles. The number of hydrogen-bond donors (Lipinski definition) is 2. The summed E-state index contributed by atoms with van der Waals surface area (Å²) in [6.07, 6.45) is 2.23. The van der Waals surface area contributed by atoms with Crippen molar-refractivity contribution in [3.63, 3.8) is 0 Å². The Kier molecular flexibility index (Phi) is 6.25. The van der Waals surface area contributed by atoms with Crippen LogP contribution >= 0.6 is 12.6 Å². The second kappa shape index (κ2) is 6.35. The molecule has 0 bridgehead atoms. The molecule has 1 unspecified atom stereocenters. The Morgan fingerprint density at radius 3 is 2.42 bits per heavy atom. The lowest BCUT2D eigenvalue weighted by Crippen LogP contribution is -2.30. The molecule has 0 heterocycles. The van der Waals surface area contributed by atoms with E-state index in [-0.39, 0.29) is 11.2 Å². The van der Waals surface area contributed by atoms with Crippen molar-refractivity contribution in [1.29, 1.82) is 0 Å². The van der Waals surface area contributed by atoms with E-state index in [4.69, 9.17) is 0 Å². The molecule has 0 aliphatic carbocycles. The average molecular weight is 189 g/mol. The van der Waals surface area contributed by atoms with Gasteiger partial charge in [0.15, 0.2) is 0 Å². The molecule has 0 aliphatic rings. The first-order chi connectivity index (χ1) is 5.54. The summed E-state index contributed by atoms with van der Waals surface area (Å²) in [6, 6.07) is 0. The molecule has 3 heteroatoms. The Morgan fingerprint density at radius 2 is 2.00 bits per heavy atom. The lowest BCUT2D eigenvalue weighted by atomic mass is 10.1. The van der Waals surface area contributed by atoms with Crippen LogP contribution in [0.15, 0.2) is 0 Å². The molecular weight excluding hydrogens is 170 g/mol. The van der Waals surface area contributed by atoms with E-state index < -0.39 is 0 Å². The minimum Gasteiger partial charge on any atom is -0.355 e. The Bertz CT molecular complexity index is 134. The van der Waals surface area contributed by atoms with Crippen molar-refractivity contribution in [1.82, 2.24) is 5.32 Å². The van der Waals surface area contributed by atoms with Gasteiger partial charge in [-0.2, -0.15) is 12.6 Å². The number of amides is 1. The number of thiol groups is 1. The highest BCUT2D eigenvalue weighted by atomic mass is 32.1. The van der Waals surface area contributed by atoms with Crippen molar-refractivity contribution in [2.45, 2.75) is 38.9 Å². The van der Waals surface area contributed by atoms with E-state index in [1.807, 2.05) is 0 Å². The first-order valence-corrected chi connectivity index (χ1v) is 5.01. The van der Waals surface area contributed by atoms with E-state index in [0.29, 0.717) is 0 Å². The van der Waals surface area contributed by atoms with Crippen molar-refractivity contribution in [2.75, 3.05) is 6.54 Å². The number of carbonyl (C=O) groups is 1. The van der Waals surface area contributed by atoms with Gasteiger partial charge in [-0.3, -0.25) is 4.79 Å². The minimum atomic E-state index is -0.191. The fourth-order valence-corrected chi connectivity index (χ4v) is 0.961. The lowest BCUT2D eigenvalue weighted by molar-refractivity contribution is -0.120. The predicted octanol–water partition coefficient (Wildman–Crippen LogP) is 1.86. The fraction of sp³-hybridized carbons (Fsp3) is 0.889. The number of nitrogens with one attached hydrogen (secondary N) is 1. The van der Waals surface area contributed by atoms with E-state index in [9.17, 15) is 4.79 Å². The molecule has 72 valence electrons. The second-order valence-electron chi connectivity index (χ2n) is 3.50. The Balaban J connectivity index is 3.26. The van der Waals surface area contributed by atoms with Gasteiger partial charge in [0.05, 0.1) is 5.25 Å². The SMILES string of the molecule is CC(C)CCCNC(=O)C(C)S. The van der Waals surface area contributed by atoms with Gasteiger partial charge in [0.2, 0.25) is 5.91 Å². The first-order valence-electron chi connectivity index (χ1n) is 4.49. The van der Waals surface area contributed by atoms with Crippen LogP contribution in [0.4, 0.5) is 0 Å². The van der Waals surface area contributed by atoms with Crippen LogP contribution in [0.25, 0.3) is 0 Å². The molecule has 0 aromatic rings. The summed E-state index contributed by atoms with van der Waals surface area (Å²) >= 11 is 4.02. The maximum atomic E-state index is 11.0. The van der Waals surface area contributed by atoms with Crippen LogP contribution in [-0.4, -0.2) is 17.7 Å². The van der Waals surface area contributed by atoms with Crippen LogP contribution in [0.3, 0.4) is 0 Å². The van der Waals surface area contributed by atoms with Gasteiger partial charge in [0, 0.05) is 6.54 Å². The zero-order valence-corrected chi connectivity index (χ0v) is 9.03. The van der Waals surface area contributed by atoms with Crippen molar-refractivity contribution in [3.8, 4) is 0 Å². The van der Waals surface area contributed by atoms with Crippen LogP contribution in [0.2, 0.25) is 0 Å². The summed E-state index contributed by atoms with van der Waals surface area (Å²) in [5.41, 5.74) is 0. The third kappa shape index (κ3) is 6.53. The highest BCUT2D eigenvalue weighted by molar-refractivity contribution is 7.81. The van der Waals surface area contributed by atoms with Gasteiger partial charge in [0.1, 0.15) is 0 Å². The highest BCUT2D eigenvalue weighted by Gasteiger charge is 2.05. The van der Waals surface area contributed by atoms with E-state index in [1.54, 1.807) is 6.92 Å². The molecule has 1 N–H and O–H groups in total. The smallest absolute Gasteiger partial charge is 0.232 e. The summed E-state index contributed by atoms with van der Waals surface area (Å²) < 4.78 is 0. The molecule has 0 rings (SSSR count). The lowest BCUT2D eigenvalue weighted by Gasteiger charge is -2.07. The van der Waals surface area contributed by atoms with E-state index in [2.05, 4.69) is 31.8 Å². The monoisotopic (exact) mass is 189 g/mol. The number of hydrogen-bond acceptors (Lipinski definition) is 2. The molecule has 1 atom stereocenters. The van der Waals surface area contributed by atoms with E-state index >= 15 is 0 Å². The molecule has 0 saturated heterocycles. The molecule has 1 amide bonds. The van der Waals surface area contributed by atoms with Crippen LogP contribution in [0, 0.1) is 5.92 Å². The normalized spacial score (nSPS) is 13.1. The number of carbonyl (C=O) groups excluding carboxylic acids is 1. The molecule has 0 saturated carbocycles. The van der Waals surface area contributed by atoms with Crippen LogP contribution < -0.4 is 5.32 Å². The maximum absolute atomic E-state index is 11.0. The van der Waals surface area contributed by atoms with Crippen molar-refractivity contribution >= 4 is 18.5 Å². The van der Waals surface area contributed by atoms with Gasteiger partial charge in [0.25, 0.3) is 0 Å². The van der Waals surface area contributed by atoms with Crippen LogP contribution in [-0.2, 0) is 4.79 Å². The molecule has 0 aromatic carbocycles. The summed E-state index contributed by atoms with van der Waals surface area (Å²) in [7, 11) is 0. The standard InChI is InChI=1S/C9H19NOS/c1-7(2)5-4-6-10-9(11)8(3)12/h7-8,12H,4-6H2,1-3H3,(H,10,11). The van der Waals surface area contributed by atoms with Gasteiger partial charge >= 0.3 is 0 Å². The van der Waals surface area contributed by atoms with Crippen molar-refractivity contribution in [3.05, 3.63) is 0 Å². The average Bonchev–Trinajstić information content (AvgIpc) is 1.97. The van der Waals surface area contributed by atoms with Crippen molar-refractivity contribution < 1.29 is 4.79 Å². The van der Waals surface area contributed by atoms with E-state index in [1.165, 1.54) is 6.42 Å². The summed E-state index contributed by atoms with van der Waals surface area (Å²) in [5, 5.41) is 2.63. The zero-order valence-electron chi connectivity index (χ0n) is 8.13. The Labute approximate surface area is 80.5 Å². The predicted molar refractivity (Wildman–Crippen MR) is 55.5 cm³/mol. The summed E-state index contributed by atoms with van der Waals surface area (Å²) in [4.78, 5) is 11.0. The fourth-order valence-electron chi connectivity index (χ4n) is 0.870. The molecule has 0 radical (unpaired) electrons. The molecule has 12 heavy (non-hydrogen) atoms. The highest BCUT2D eigenvalue weighted by Crippen LogP contribution is 2.02. The van der Waals surface area contributed by atoms with Crippen LogP contribution in [0.1, 0.15) is 33.6 Å². The minimum absolute atomic E-state index is 0.0297. The summed E-state index contributed by atoms with van der Waals surface area (Å²) in [5.74, 6) is 0.748. The summed E-state index contributed by atoms with van der Waals surface area (Å²) in [6.45, 7) is 6.93. The molecule has 0 aromatic heterocycles. The first kappa shape index (κ1) is 11.8. The Hall–Kier alpha value is -0.180. The third-order valence-corrected chi connectivity index (χ3v) is 1.87. The van der Waals surface area contributed by atoms with Gasteiger partial charge in [-0.25, -0.2) is 0 Å². The zero-order chi connectivity index (χ0) is 9.56. The molecule has 0 spiro atoms. The Morgan fingerprint density at radius 1 is 1.42 bits per heavy atom. The van der Waals surface area contributed by atoms with Gasteiger partial charge in [-0.15, -0.1) is 0 Å². The second-order valence-corrected chi connectivity index (χ2v) is 4.28. The molecule has 0 fully saturated rings. The topological polar surface area (TPSA) is 29.1 Å². The largest absolute Gasteiger partial charge is 0.355 e. The van der Waals surface area contributed by atoms with Gasteiger partial charge in [-0.1, -0.05) is 13.8 Å². The van der Waals surface area contributed by atoms with E-state index in [0.717, 1.165) is 18.9 Å². The van der Waals surface area contributed by atoms with Crippen LogP contribution in [0.5, 0.6) is 0 Å². The van der Waals surface area contributed by atoms with Gasteiger partial charge in [-0.05, 0) is 25.7 Å². The molecular formula is C9H19NOS. The van der Waals surface area contributed by atoms with Gasteiger partial charge < -0.3 is 5.32 Å². The maximum Gasteiger partial charge on any atom is 0.232 e. The third-order valence-electron chi connectivity index (χ3n) is 1.64. The molecule has 2 nitrogen and oxygen atoms in total.